The summed E-state index contributed by atoms with van der Waals surface area (Å²) < 4.78 is 13.1. The molecule has 0 aromatic heterocycles. The molecule has 1 fully saturated rings. The van der Waals surface area contributed by atoms with E-state index >= 15 is 0 Å². The lowest BCUT2D eigenvalue weighted by Gasteiger charge is -2.11. The van der Waals surface area contributed by atoms with Gasteiger partial charge in [0.1, 0.15) is 5.82 Å². The molecule has 3 nitrogen and oxygen atoms in total. The lowest BCUT2D eigenvalue weighted by atomic mass is 10.1. The Morgan fingerprint density at radius 1 is 1.59 bits per heavy atom. The van der Waals surface area contributed by atoms with Crippen molar-refractivity contribution in [3.05, 3.63) is 29.0 Å². The summed E-state index contributed by atoms with van der Waals surface area (Å²) in [7, 11) is 0. The molecule has 0 unspecified atom stereocenters. The van der Waals surface area contributed by atoms with Gasteiger partial charge in [-0.25, -0.2) is 4.39 Å². The molecule has 5 heteroatoms. The maximum Gasteiger partial charge on any atom is 0.241 e. The third-order valence-corrected chi connectivity index (χ3v) is 3.11. The standard InChI is InChI=1S/C12H14ClFN2O/c13-9-4-3-8(6-10(9)14)16-12(17)11(15)5-7-1-2-7/h3-4,6-7,11H,1-2,5,15H2,(H,16,17)/t11-/m0/s1. The van der Waals surface area contributed by atoms with E-state index in [-0.39, 0.29) is 10.9 Å². The molecule has 0 saturated heterocycles. The van der Waals surface area contributed by atoms with Gasteiger partial charge in [0.25, 0.3) is 0 Å². The normalized spacial score (nSPS) is 16.6. The van der Waals surface area contributed by atoms with Gasteiger partial charge in [-0.2, -0.15) is 0 Å². The van der Waals surface area contributed by atoms with Crippen LogP contribution in [0.4, 0.5) is 10.1 Å². The zero-order chi connectivity index (χ0) is 12.4. The third-order valence-electron chi connectivity index (χ3n) is 2.81. The minimum atomic E-state index is -0.555. The maximum atomic E-state index is 13.1. The molecule has 92 valence electrons. The van der Waals surface area contributed by atoms with Crippen LogP contribution in [-0.2, 0) is 4.79 Å². The van der Waals surface area contributed by atoms with Crippen molar-refractivity contribution >= 4 is 23.2 Å². The highest BCUT2D eigenvalue weighted by atomic mass is 35.5. The van der Waals surface area contributed by atoms with E-state index in [0.29, 0.717) is 18.0 Å². The molecule has 1 saturated carbocycles. The Bertz CT molecular complexity index is 435. The van der Waals surface area contributed by atoms with E-state index in [4.69, 9.17) is 17.3 Å². The Kier molecular flexibility index (Phi) is 3.64. The Balaban J connectivity index is 1.94. The molecule has 3 N–H and O–H groups in total. The van der Waals surface area contributed by atoms with Gasteiger partial charge in [0.05, 0.1) is 11.1 Å². The van der Waals surface area contributed by atoms with Crippen LogP contribution in [0.25, 0.3) is 0 Å². The van der Waals surface area contributed by atoms with E-state index < -0.39 is 11.9 Å². The number of halogens is 2. The van der Waals surface area contributed by atoms with Gasteiger partial charge in [-0.3, -0.25) is 4.79 Å². The summed E-state index contributed by atoms with van der Waals surface area (Å²) in [5.74, 6) is -0.253. The SMILES string of the molecule is N[C@@H](CC1CC1)C(=O)Nc1ccc(Cl)c(F)c1. The monoisotopic (exact) mass is 256 g/mol. The van der Waals surface area contributed by atoms with E-state index in [0.717, 1.165) is 12.8 Å². The van der Waals surface area contributed by atoms with E-state index in [2.05, 4.69) is 5.32 Å². The number of benzene rings is 1. The van der Waals surface area contributed by atoms with E-state index in [9.17, 15) is 9.18 Å². The first-order chi connectivity index (χ1) is 8.06. The average molecular weight is 257 g/mol. The van der Waals surface area contributed by atoms with Crippen LogP contribution in [-0.4, -0.2) is 11.9 Å². The molecular formula is C12H14ClFN2O. The summed E-state index contributed by atoms with van der Waals surface area (Å²) in [5.41, 5.74) is 6.12. The van der Waals surface area contributed by atoms with Gasteiger partial charge >= 0.3 is 0 Å². The number of rotatable bonds is 4. The van der Waals surface area contributed by atoms with Crippen LogP contribution >= 0.6 is 11.6 Å². The fourth-order valence-electron chi connectivity index (χ4n) is 1.63. The lowest BCUT2D eigenvalue weighted by Crippen LogP contribution is -2.36. The molecule has 17 heavy (non-hydrogen) atoms. The number of amides is 1. The van der Waals surface area contributed by atoms with Crippen molar-refractivity contribution in [3.63, 3.8) is 0 Å². The second-order valence-corrected chi connectivity index (χ2v) is 4.81. The van der Waals surface area contributed by atoms with Gasteiger partial charge in [-0.05, 0) is 30.5 Å². The Morgan fingerprint density at radius 3 is 2.88 bits per heavy atom. The molecule has 0 spiro atoms. The highest BCUT2D eigenvalue weighted by molar-refractivity contribution is 6.30. The van der Waals surface area contributed by atoms with E-state index in [1.807, 2.05) is 0 Å². The number of hydrogen-bond acceptors (Lipinski definition) is 2. The first-order valence-electron chi connectivity index (χ1n) is 5.58. The fraction of sp³-hybridized carbons (Fsp3) is 0.417. The minimum Gasteiger partial charge on any atom is -0.325 e. The maximum absolute atomic E-state index is 13.1. The second kappa shape index (κ2) is 5.02. The number of hydrogen-bond donors (Lipinski definition) is 2. The topological polar surface area (TPSA) is 55.1 Å². The Hall–Kier alpha value is -1.13. The number of anilines is 1. The lowest BCUT2D eigenvalue weighted by molar-refractivity contribution is -0.117. The van der Waals surface area contributed by atoms with Crippen molar-refractivity contribution < 1.29 is 9.18 Å². The average Bonchev–Trinajstić information content (AvgIpc) is 3.07. The molecule has 2 rings (SSSR count). The van der Waals surface area contributed by atoms with Crippen LogP contribution in [0, 0.1) is 11.7 Å². The zero-order valence-electron chi connectivity index (χ0n) is 9.25. The highest BCUT2D eigenvalue weighted by Gasteiger charge is 2.27. The molecule has 0 heterocycles. The van der Waals surface area contributed by atoms with Crippen molar-refractivity contribution in [2.75, 3.05) is 5.32 Å². The molecule has 0 bridgehead atoms. The number of carbonyl (C=O) groups excluding carboxylic acids is 1. The first-order valence-corrected chi connectivity index (χ1v) is 5.95. The van der Waals surface area contributed by atoms with Crippen LogP contribution in [0.15, 0.2) is 18.2 Å². The van der Waals surface area contributed by atoms with Crippen LogP contribution in [0.1, 0.15) is 19.3 Å². The number of nitrogens with one attached hydrogen (secondary N) is 1. The van der Waals surface area contributed by atoms with Crippen molar-refractivity contribution in [1.82, 2.24) is 0 Å². The summed E-state index contributed by atoms with van der Waals surface area (Å²) in [6, 6.07) is 3.61. The van der Waals surface area contributed by atoms with Gasteiger partial charge in [-0.1, -0.05) is 24.4 Å². The summed E-state index contributed by atoms with van der Waals surface area (Å²) in [4.78, 5) is 11.7. The molecular weight excluding hydrogens is 243 g/mol. The summed E-state index contributed by atoms with van der Waals surface area (Å²) in [6.45, 7) is 0. The predicted molar refractivity (Wildman–Crippen MR) is 65.4 cm³/mol. The minimum absolute atomic E-state index is 0.0327. The molecule has 1 aromatic rings. The van der Waals surface area contributed by atoms with Crippen LogP contribution < -0.4 is 11.1 Å². The number of nitrogens with two attached hydrogens (primary N) is 1. The number of carbonyl (C=O) groups is 1. The van der Waals surface area contributed by atoms with Crippen molar-refractivity contribution in [1.29, 1.82) is 0 Å². The van der Waals surface area contributed by atoms with Gasteiger partial charge in [0, 0.05) is 5.69 Å². The van der Waals surface area contributed by atoms with E-state index in [1.54, 1.807) is 6.07 Å². The van der Waals surface area contributed by atoms with Crippen molar-refractivity contribution in [3.8, 4) is 0 Å². The van der Waals surface area contributed by atoms with Crippen LogP contribution in [0.3, 0.4) is 0 Å². The first kappa shape index (κ1) is 12.3. The predicted octanol–water partition coefficient (Wildman–Crippen LogP) is 2.54. The summed E-state index contributed by atoms with van der Waals surface area (Å²) in [6.07, 6.45) is 3.00. The van der Waals surface area contributed by atoms with E-state index in [1.165, 1.54) is 12.1 Å². The smallest absolute Gasteiger partial charge is 0.241 e. The quantitative estimate of drug-likeness (QED) is 0.870. The summed E-state index contributed by atoms with van der Waals surface area (Å²) in [5, 5.41) is 2.61. The van der Waals surface area contributed by atoms with Crippen molar-refractivity contribution in [2.24, 2.45) is 11.7 Å². The van der Waals surface area contributed by atoms with Gasteiger partial charge in [0.2, 0.25) is 5.91 Å². The molecule has 0 aliphatic heterocycles. The molecule has 0 radical (unpaired) electrons. The van der Waals surface area contributed by atoms with Gasteiger partial charge in [0.15, 0.2) is 0 Å². The fourth-order valence-corrected chi connectivity index (χ4v) is 1.75. The third kappa shape index (κ3) is 3.41. The Morgan fingerprint density at radius 2 is 2.29 bits per heavy atom. The zero-order valence-corrected chi connectivity index (χ0v) is 10.0. The van der Waals surface area contributed by atoms with Crippen LogP contribution in [0.2, 0.25) is 5.02 Å². The van der Waals surface area contributed by atoms with Gasteiger partial charge < -0.3 is 11.1 Å². The molecule has 1 aliphatic rings. The van der Waals surface area contributed by atoms with Gasteiger partial charge in [-0.15, -0.1) is 0 Å². The highest BCUT2D eigenvalue weighted by Crippen LogP contribution is 2.33. The second-order valence-electron chi connectivity index (χ2n) is 4.40. The summed E-state index contributed by atoms with van der Waals surface area (Å²) >= 11 is 5.54. The van der Waals surface area contributed by atoms with Crippen LogP contribution in [0.5, 0.6) is 0 Å². The molecule has 1 atom stereocenters. The Labute approximate surface area is 104 Å². The van der Waals surface area contributed by atoms with Crippen molar-refractivity contribution in [2.45, 2.75) is 25.3 Å². The molecule has 1 amide bonds. The molecule has 1 aromatic carbocycles. The molecule has 1 aliphatic carbocycles. The largest absolute Gasteiger partial charge is 0.325 e.